The fourth-order valence-electron chi connectivity index (χ4n) is 1.40. The van der Waals surface area contributed by atoms with E-state index in [0.29, 0.717) is 10.9 Å². The molecule has 0 aliphatic carbocycles. The molecule has 0 saturated carbocycles. The van der Waals surface area contributed by atoms with E-state index in [2.05, 4.69) is 20.0 Å². The zero-order chi connectivity index (χ0) is 13.9. The van der Waals surface area contributed by atoms with Gasteiger partial charge in [-0.1, -0.05) is 0 Å². The van der Waals surface area contributed by atoms with Crippen molar-refractivity contribution < 1.29 is 8.42 Å². The first-order chi connectivity index (χ1) is 9.01. The second-order valence-corrected chi connectivity index (χ2v) is 6.71. The van der Waals surface area contributed by atoms with Gasteiger partial charge in [0.05, 0.1) is 0 Å². The number of thiazole rings is 1. The van der Waals surface area contributed by atoms with Crippen LogP contribution in [0.1, 0.15) is 11.8 Å². The molecule has 102 valence electrons. The molecule has 0 aromatic carbocycles. The van der Waals surface area contributed by atoms with Gasteiger partial charge in [0.15, 0.2) is 5.13 Å². The van der Waals surface area contributed by atoms with Gasteiger partial charge in [0.1, 0.15) is 10.7 Å². The smallest absolute Gasteiger partial charge is 0.265 e. The van der Waals surface area contributed by atoms with Gasteiger partial charge in [-0.15, -0.1) is 11.3 Å². The Bertz CT molecular complexity index is 650. The molecule has 8 heteroatoms. The maximum absolute atomic E-state index is 12.1. The molecule has 2 heterocycles. The minimum atomic E-state index is -3.62. The van der Waals surface area contributed by atoms with Gasteiger partial charge in [0, 0.05) is 23.8 Å². The summed E-state index contributed by atoms with van der Waals surface area (Å²) >= 11 is 1.29. The van der Waals surface area contributed by atoms with E-state index in [9.17, 15) is 8.42 Å². The highest BCUT2D eigenvalue weighted by atomic mass is 32.2. The topological polar surface area (TPSA) is 84.0 Å². The number of hydrogen-bond donors (Lipinski definition) is 2. The van der Waals surface area contributed by atoms with Crippen molar-refractivity contribution in [3.8, 4) is 0 Å². The molecule has 0 fully saturated rings. The molecule has 0 aliphatic rings. The lowest BCUT2D eigenvalue weighted by Crippen LogP contribution is -2.13. The number of nitrogens with zero attached hydrogens (tertiary/aromatic N) is 2. The van der Waals surface area contributed by atoms with Crippen LogP contribution in [-0.2, 0) is 10.0 Å². The zero-order valence-electron chi connectivity index (χ0n) is 10.5. The molecule has 6 nitrogen and oxygen atoms in total. The summed E-state index contributed by atoms with van der Waals surface area (Å²) in [4.78, 5) is 9.06. The molecule has 0 atom stereocenters. The van der Waals surface area contributed by atoms with Crippen LogP contribution in [0.5, 0.6) is 0 Å². The molecule has 0 unspecified atom stereocenters. The Hall–Kier alpha value is -1.67. The van der Waals surface area contributed by atoms with Gasteiger partial charge in [0.25, 0.3) is 10.0 Å². The van der Waals surface area contributed by atoms with Crippen LogP contribution < -0.4 is 10.0 Å². The Balaban J connectivity index is 2.19. The first kappa shape index (κ1) is 13.8. The summed E-state index contributed by atoms with van der Waals surface area (Å²) in [6, 6.07) is 3.14. The number of hydrogen-bond acceptors (Lipinski definition) is 6. The van der Waals surface area contributed by atoms with Gasteiger partial charge >= 0.3 is 0 Å². The van der Waals surface area contributed by atoms with Crippen LogP contribution in [0.3, 0.4) is 0 Å². The van der Waals surface area contributed by atoms with E-state index in [-0.39, 0.29) is 4.90 Å². The molecule has 0 spiro atoms. The van der Waals surface area contributed by atoms with E-state index in [4.69, 9.17) is 0 Å². The quantitative estimate of drug-likeness (QED) is 0.883. The molecule has 0 aliphatic heterocycles. The van der Waals surface area contributed by atoms with Crippen molar-refractivity contribution in [2.24, 2.45) is 0 Å². The minimum absolute atomic E-state index is 0.113. The standard InChI is InChI=1S/C11H14N4O2S2/c1-3-12-10-5-4-9(7-13-10)19(16,17)15-11-14-6-8(2)18-11/h4-7H,3H2,1-2H3,(H,12,13)(H,14,15). The Morgan fingerprint density at radius 3 is 2.58 bits per heavy atom. The summed E-state index contributed by atoms with van der Waals surface area (Å²) in [6.45, 7) is 4.54. The maximum Gasteiger partial charge on any atom is 0.265 e. The molecule has 0 saturated heterocycles. The lowest BCUT2D eigenvalue weighted by atomic mass is 10.4. The molecular weight excluding hydrogens is 284 g/mol. The predicted molar refractivity (Wildman–Crippen MR) is 76.1 cm³/mol. The minimum Gasteiger partial charge on any atom is -0.370 e. The molecular formula is C11H14N4O2S2. The van der Waals surface area contributed by atoms with E-state index in [1.54, 1.807) is 12.3 Å². The summed E-state index contributed by atoms with van der Waals surface area (Å²) in [5.41, 5.74) is 0. The van der Waals surface area contributed by atoms with Crippen LogP contribution in [0.25, 0.3) is 0 Å². The van der Waals surface area contributed by atoms with E-state index in [0.717, 1.165) is 11.4 Å². The molecule has 0 bridgehead atoms. The van der Waals surface area contributed by atoms with Crippen LogP contribution in [0.2, 0.25) is 0 Å². The molecule has 2 aromatic heterocycles. The first-order valence-corrected chi connectivity index (χ1v) is 7.96. The largest absolute Gasteiger partial charge is 0.370 e. The summed E-state index contributed by atoms with van der Waals surface area (Å²) in [6.07, 6.45) is 2.94. The van der Waals surface area contributed by atoms with Crippen LogP contribution in [-0.4, -0.2) is 24.9 Å². The second-order valence-electron chi connectivity index (χ2n) is 3.79. The lowest BCUT2D eigenvalue weighted by Gasteiger charge is -2.06. The maximum atomic E-state index is 12.1. The highest BCUT2D eigenvalue weighted by molar-refractivity contribution is 7.93. The zero-order valence-corrected chi connectivity index (χ0v) is 12.2. The third kappa shape index (κ3) is 3.42. The van der Waals surface area contributed by atoms with Crippen molar-refractivity contribution in [1.29, 1.82) is 0 Å². The lowest BCUT2D eigenvalue weighted by molar-refractivity contribution is 0.601. The van der Waals surface area contributed by atoms with Crippen molar-refractivity contribution >= 4 is 32.3 Å². The molecule has 2 aromatic rings. The number of aromatic nitrogens is 2. The van der Waals surface area contributed by atoms with Crippen molar-refractivity contribution in [3.63, 3.8) is 0 Å². The number of rotatable bonds is 5. The van der Waals surface area contributed by atoms with E-state index >= 15 is 0 Å². The molecule has 19 heavy (non-hydrogen) atoms. The molecule has 2 N–H and O–H groups in total. The van der Waals surface area contributed by atoms with E-state index < -0.39 is 10.0 Å². The third-order valence-electron chi connectivity index (χ3n) is 2.25. The molecule has 2 rings (SSSR count). The van der Waals surface area contributed by atoms with Crippen LogP contribution in [0.4, 0.5) is 10.9 Å². The number of aryl methyl sites for hydroxylation is 1. The second kappa shape index (κ2) is 5.54. The Kier molecular flexibility index (Phi) is 4.01. The monoisotopic (exact) mass is 298 g/mol. The molecule has 0 amide bonds. The average Bonchev–Trinajstić information content (AvgIpc) is 2.75. The summed E-state index contributed by atoms with van der Waals surface area (Å²) in [7, 11) is -3.62. The summed E-state index contributed by atoms with van der Waals surface area (Å²) < 4.78 is 26.6. The van der Waals surface area contributed by atoms with Crippen LogP contribution >= 0.6 is 11.3 Å². The van der Waals surface area contributed by atoms with Crippen molar-refractivity contribution in [3.05, 3.63) is 29.4 Å². The summed E-state index contributed by atoms with van der Waals surface area (Å²) in [5, 5.41) is 3.36. The third-order valence-corrected chi connectivity index (χ3v) is 4.53. The van der Waals surface area contributed by atoms with Gasteiger partial charge in [0.2, 0.25) is 0 Å². The van der Waals surface area contributed by atoms with Gasteiger partial charge in [-0.3, -0.25) is 4.72 Å². The highest BCUT2D eigenvalue weighted by Gasteiger charge is 2.16. The average molecular weight is 298 g/mol. The number of anilines is 2. The van der Waals surface area contributed by atoms with Gasteiger partial charge in [-0.05, 0) is 26.0 Å². The fraction of sp³-hybridized carbons (Fsp3) is 0.273. The van der Waals surface area contributed by atoms with Crippen molar-refractivity contribution in [2.75, 3.05) is 16.6 Å². The SMILES string of the molecule is CCNc1ccc(S(=O)(=O)Nc2ncc(C)s2)cn1. The van der Waals surface area contributed by atoms with Crippen LogP contribution in [0, 0.1) is 6.92 Å². The number of pyridine rings is 1. The fourth-order valence-corrected chi connectivity index (χ4v) is 3.25. The Morgan fingerprint density at radius 2 is 2.05 bits per heavy atom. The van der Waals surface area contributed by atoms with Gasteiger partial charge < -0.3 is 5.32 Å². The molecule has 0 radical (unpaired) electrons. The van der Waals surface area contributed by atoms with Crippen LogP contribution in [0.15, 0.2) is 29.4 Å². The number of sulfonamides is 1. The first-order valence-electron chi connectivity index (χ1n) is 5.66. The van der Waals surface area contributed by atoms with Crippen molar-refractivity contribution in [2.45, 2.75) is 18.7 Å². The number of nitrogens with one attached hydrogen (secondary N) is 2. The van der Waals surface area contributed by atoms with E-state index in [1.165, 1.54) is 23.6 Å². The Labute approximate surface area is 116 Å². The predicted octanol–water partition coefficient (Wildman–Crippen LogP) is 2.08. The highest BCUT2D eigenvalue weighted by Crippen LogP contribution is 2.21. The van der Waals surface area contributed by atoms with Gasteiger partial charge in [-0.25, -0.2) is 18.4 Å². The van der Waals surface area contributed by atoms with Crippen molar-refractivity contribution in [1.82, 2.24) is 9.97 Å². The van der Waals surface area contributed by atoms with Gasteiger partial charge in [-0.2, -0.15) is 0 Å². The normalized spacial score (nSPS) is 11.3. The summed E-state index contributed by atoms with van der Waals surface area (Å²) in [5.74, 6) is 0.645. The van der Waals surface area contributed by atoms with E-state index in [1.807, 2.05) is 13.8 Å². The Morgan fingerprint density at radius 1 is 1.26 bits per heavy atom.